The maximum absolute atomic E-state index is 8.57. The minimum atomic E-state index is 0.0685. The lowest BCUT2D eigenvalue weighted by Crippen LogP contribution is -1.75. The van der Waals surface area contributed by atoms with Gasteiger partial charge in [-0.1, -0.05) is 17.5 Å². The largest absolute Gasteiger partial charge is 0.448 e. The van der Waals surface area contributed by atoms with Crippen molar-refractivity contribution in [1.29, 1.82) is 0 Å². The summed E-state index contributed by atoms with van der Waals surface area (Å²) in [6.45, 7) is 0.0685. The third-order valence-electron chi connectivity index (χ3n) is 1.93. The molecule has 1 heterocycles. The van der Waals surface area contributed by atoms with Crippen LogP contribution in [0.25, 0.3) is 11.0 Å². The van der Waals surface area contributed by atoms with Crippen LogP contribution in [0.1, 0.15) is 12.2 Å². The molecule has 0 saturated carbocycles. The van der Waals surface area contributed by atoms with Crippen molar-refractivity contribution in [3.05, 3.63) is 35.0 Å². The Bertz CT molecular complexity index is 531. The lowest BCUT2D eigenvalue weighted by molar-refractivity contribution is 0.305. The van der Waals surface area contributed by atoms with Crippen LogP contribution in [0.15, 0.2) is 28.7 Å². The van der Waals surface area contributed by atoms with E-state index in [9.17, 15) is 0 Å². The van der Waals surface area contributed by atoms with Gasteiger partial charge in [-0.15, -0.1) is 0 Å². The van der Waals surface area contributed by atoms with Gasteiger partial charge in [-0.25, -0.2) is 0 Å². The van der Waals surface area contributed by atoms with Gasteiger partial charge in [0.1, 0.15) is 5.58 Å². The Morgan fingerprint density at radius 2 is 2.20 bits per heavy atom. The maximum Gasteiger partial charge on any atom is 0.178 e. The summed E-state index contributed by atoms with van der Waals surface area (Å²) >= 11 is 5.84. The molecule has 1 N–H and O–H groups in total. The van der Waals surface area contributed by atoms with E-state index in [-0.39, 0.29) is 6.61 Å². The number of hydrogen-bond donors (Lipinski definition) is 1. The molecule has 0 spiro atoms. The first kappa shape index (κ1) is 10.1. The van der Waals surface area contributed by atoms with Crippen LogP contribution in [0.3, 0.4) is 0 Å². The van der Waals surface area contributed by atoms with Gasteiger partial charge in [0.15, 0.2) is 5.76 Å². The third kappa shape index (κ3) is 2.33. The van der Waals surface area contributed by atoms with E-state index in [0.717, 1.165) is 11.0 Å². The van der Waals surface area contributed by atoms with E-state index < -0.39 is 0 Å². The average molecular weight is 221 g/mol. The number of aliphatic hydroxyl groups is 1. The zero-order chi connectivity index (χ0) is 10.7. The second kappa shape index (κ2) is 4.39. The van der Waals surface area contributed by atoms with Crippen LogP contribution in [-0.2, 0) is 0 Å². The van der Waals surface area contributed by atoms with Gasteiger partial charge in [-0.3, -0.25) is 0 Å². The first-order valence-electron chi connectivity index (χ1n) is 4.58. The van der Waals surface area contributed by atoms with Gasteiger partial charge >= 0.3 is 0 Å². The smallest absolute Gasteiger partial charge is 0.178 e. The van der Waals surface area contributed by atoms with E-state index in [2.05, 4.69) is 11.8 Å². The first-order valence-corrected chi connectivity index (χ1v) is 4.96. The quantitative estimate of drug-likeness (QED) is 0.750. The van der Waals surface area contributed by atoms with Crippen LogP contribution in [-0.4, -0.2) is 11.7 Å². The van der Waals surface area contributed by atoms with E-state index in [1.165, 1.54) is 0 Å². The molecule has 3 heteroatoms. The molecule has 0 aliphatic carbocycles. The van der Waals surface area contributed by atoms with E-state index in [1.54, 1.807) is 6.07 Å². The third-order valence-corrected chi connectivity index (χ3v) is 2.16. The molecular weight excluding hydrogens is 212 g/mol. The SMILES string of the molecule is OCCC#Cc1cc2cc(Cl)ccc2o1. The molecule has 0 amide bonds. The lowest BCUT2D eigenvalue weighted by atomic mass is 10.2. The van der Waals surface area contributed by atoms with Crippen molar-refractivity contribution in [3.8, 4) is 11.8 Å². The highest BCUT2D eigenvalue weighted by molar-refractivity contribution is 6.31. The lowest BCUT2D eigenvalue weighted by Gasteiger charge is -1.87. The van der Waals surface area contributed by atoms with Crippen LogP contribution < -0.4 is 0 Å². The highest BCUT2D eigenvalue weighted by Crippen LogP contribution is 2.22. The fourth-order valence-corrected chi connectivity index (χ4v) is 1.46. The Morgan fingerprint density at radius 3 is 3.00 bits per heavy atom. The fourth-order valence-electron chi connectivity index (χ4n) is 1.28. The second-order valence-corrected chi connectivity index (χ2v) is 3.50. The molecule has 1 aromatic heterocycles. The van der Waals surface area contributed by atoms with Crippen molar-refractivity contribution < 1.29 is 9.52 Å². The van der Waals surface area contributed by atoms with Gasteiger partial charge < -0.3 is 9.52 Å². The summed E-state index contributed by atoms with van der Waals surface area (Å²) in [6, 6.07) is 7.26. The van der Waals surface area contributed by atoms with Crippen molar-refractivity contribution in [1.82, 2.24) is 0 Å². The van der Waals surface area contributed by atoms with Crippen LogP contribution in [0.4, 0.5) is 0 Å². The van der Waals surface area contributed by atoms with E-state index in [0.29, 0.717) is 17.2 Å². The van der Waals surface area contributed by atoms with Gasteiger partial charge in [0.05, 0.1) is 6.61 Å². The van der Waals surface area contributed by atoms with E-state index >= 15 is 0 Å². The normalized spacial score (nSPS) is 10.0. The minimum absolute atomic E-state index is 0.0685. The van der Waals surface area contributed by atoms with Crippen molar-refractivity contribution in [2.75, 3.05) is 6.61 Å². The predicted molar refractivity (Wildman–Crippen MR) is 59.8 cm³/mol. The average Bonchev–Trinajstić information content (AvgIpc) is 2.60. The van der Waals surface area contributed by atoms with Crippen molar-refractivity contribution in [2.24, 2.45) is 0 Å². The zero-order valence-electron chi connectivity index (χ0n) is 7.96. The summed E-state index contributed by atoms with van der Waals surface area (Å²) in [5.74, 6) is 6.23. The molecule has 0 aliphatic heterocycles. The summed E-state index contributed by atoms with van der Waals surface area (Å²) in [5, 5.41) is 10.2. The highest BCUT2D eigenvalue weighted by Gasteiger charge is 2.01. The molecule has 2 aromatic rings. The fraction of sp³-hybridized carbons (Fsp3) is 0.167. The molecule has 0 aliphatic rings. The number of halogens is 1. The number of fused-ring (bicyclic) bond motifs is 1. The number of rotatable bonds is 1. The standard InChI is InChI=1S/C12H9ClO2/c13-10-4-5-12-9(7-10)8-11(15-12)3-1-2-6-14/h4-5,7-8,14H,2,6H2. The summed E-state index contributed by atoms with van der Waals surface area (Å²) in [6.07, 6.45) is 0.456. The molecule has 0 atom stereocenters. The first-order chi connectivity index (χ1) is 7.29. The highest BCUT2D eigenvalue weighted by atomic mass is 35.5. The van der Waals surface area contributed by atoms with E-state index in [4.69, 9.17) is 21.1 Å². The van der Waals surface area contributed by atoms with E-state index in [1.807, 2.05) is 18.2 Å². The summed E-state index contributed by atoms with van der Waals surface area (Å²) < 4.78 is 5.46. The monoisotopic (exact) mass is 220 g/mol. The Morgan fingerprint density at radius 1 is 1.33 bits per heavy atom. The second-order valence-electron chi connectivity index (χ2n) is 3.07. The van der Waals surface area contributed by atoms with Crippen molar-refractivity contribution in [2.45, 2.75) is 6.42 Å². The predicted octanol–water partition coefficient (Wildman–Crippen LogP) is 2.82. The molecule has 0 fully saturated rings. The van der Waals surface area contributed by atoms with Crippen LogP contribution in [0.5, 0.6) is 0 Å². The topological polar surface area (TPSA) is 33.4 Å². The number of furan rings is 1. The summed E-state index contributed by atoms with van der Waals surface area (Å²) in [5.41, 5.74) is 0.771. The van der Waals surface area contributed by atoms with Crippen LogP contribution >= 0.6 is 11.6 Å². The van der Waals surface area contributed by atoms with Crippen LogP contribution in [0.2, 0.25) is 5.02 Å². The summed E-state index contributed by atoms with van der Waals surface area (Å²) in [4.78, 5) is 0. The zero-order valence-corrected chi connectivity index (χ0v) is 8.71. The minimum Gasteiger partial charge on any atom is -0.448 e. The summed E-state index contributed by atoms with van der Waals surface area (Å²) in [7, 11) is 0. The molecule has 2 rings (SSSR count). The molecule has 76 valence electrons. The molecule has 0 radical (unpaired) electrons. The number of aliphatic hydroxyl groups excluding tert-OH is 1. The van der Waals surface area contributed by atoms with Gasteiger partial charge in [0.2, 0.25) is 0 Å². The molecule has 0 saturated heterocycles. The molecule has 0 unspecified atom stereocenters. The van der Waals surface area contributed by atoms with Gasteiger partial charge in [-0.05, 0) is 24.1 Å². The van der Waals surface area contributed by atoms with Gasteiger partial charge in [-0.2, -0.15) is 0 Å². The molecule has 15 heavy (non-hydrogen) atoms. The Hall–Kier alpha value is -1.43. The number of hydrogen-bond acceptors (Lipinski definition) is 2. The maximum atomic E-state index is 8.57. The molecule has 0 bridgehead atoms. The van der Waals surface area contributed by atoms with Crippen LogP contribution in [0, 0.1) is 11.8 Å². The Labute approximate surface area is 92.5 Å². The van der Waals surface area contributed by atoms with Gasteiger partial charge in [0.25, 0.3) is 0 Å². The Kier molecular flexibility index (Phi) is 2.96. The van der Waals surface area contributed by atoms with Crippen molar-refractivity contribution >= 4 is 22.6 Å². The Balaban J connectivity index is 2.36. The van der Waals surface area contributed by atoms with Crippen molar-refractivity contribution in [3.63, 3.8) is 0 Å². The molecule has 2 nitrogen and oxygen atoms in total. The molecule has 1 aromatic carbocycles. The number of benzene rings is 1. The van der Waals surface area contributed by atoms with Gasteiger partial charge in [0, 0.05) is 22.9 Å². The molecular formula is C12H9ClO2.